The molecule has 718 valence electrons. The molecule has 0 spiro atoms. The molecule has 3 fully saturated rings. The Morgan fingerprint density at radius 3 is 1.69 bits per heavy atom. The number of aliphatic hydroxyl groups excluding tert-OH is 10. The fourth-order valence-corrected chi connectivity index (χ4v) is 17.2. The van der Waals surface area contributed by atoms with E-state index in [1.807, 2.05) is 0 Å². The van der Waals surface area contributed by atoms with Crippen molar-refractivity contribution < 1.29 is 157 Å². The van der Waals surface area contributed by atoms with Crippen LogP contribution in [0.15, 0.2) is 115 Å². The van der Waals surface area contributed by atoms with E-state index >= 15 is 28.8 Å². The molecule has 9 amide bonds. The number of phenols is 4. The lowest BCUT2D eigenvalue weighted by atomic mass is 9.89. The molecule has 16 rings (SSSR count). The van der Waals surface area contributed by atoms with Crippen LogP contribution in [0.5, 0.6) is 69.0 Å². The number of nitrogens with zero attached hydrogens (tertiary/aromatic N) is 1. The number of unbranched alkanes of at least 4 members (excludes halogenated alkanes) is 3. The predicted molar refractivity (Wildman–Crippen MR) is 464 cm³/mol. The van der Waals surface area contributed by atoms with E-state index in [1.54, 1.807) is 0 Å². The minimum Gasteiger partial charge on any atom is -0.508 e. The van der Waals surface area contributed by atoms with E-state index < -0.39 is 304 Å². The van der Waals surface area contributed by atoms with Gasteiger partial charge in [0.2, 0.25) is 71.5 Å². The number of nitrogens with two attached hydrogens (primary N) is 1. The molecular weight excluding hydrogens is 1800 g/mol. The third-order valence-corrected chi connectivity index (χ3v) is 24.4. The molecule has 7 aromatic rings. The Balaban J connectivity index is 1.04. The molecule has 23 atom stereocenters. The van der Waals surface area contributed by atoms with Crippen LogP contribution >= 0.6 is 23.2 Å². The van der Waals surface area contributed by atoms with E-state index in [9.17, 15) is 85.9 Å². The summed E-state index contributed by atoms with van der Waals surface area (Å²) in [5, 5.41) is 180. The molecule has 0 aliphatic carbocycles. The summed E-state index contributed by atoms with van der Waals surface area (Å²) in [5.74, 6) is -17.5. The highest BCUT2D eigenvalue weighted by Crippen LogP contribution is 2.51. The van der Waals surface area contributed by atoms with Crippen molar-refractivity contribution >= 4 is 76.4 Å². The SMILES string of the molecule is CC(=O)N[C@@H]1[C@H](O[C@@H]2c3ccc(c(Cl)c3)Oc3cc4cc(c3O[C@@H]3O[C@@H](CO)[C@@H](O)[C@H](O)[C@@H]3NC(=O)CCCCCCC(C)C)Oc3ccc(cc3Cl)C[C@H]3NC(=O)[C@H](N)c5ccc(O)c(c5)Oc5cc(O)cc(c5)[C@H](NC3=O)C(=O)N[C@H]4C(=O)N[C@H]3C(=O)N[C@@H]2C(=O)N[C@H](C(=O)N(C)C)c2cc(O)cc(O[C@H]4O[C@H](CO)[C@@H](O)[C@@H](O)[C@@H]4O)c2-c2cc3ccc2O)O[C@@H](CO)[C@@H](O)[C@@H]1O. The van der Waals surface area contributed by atoms with Crippen molar-refractivity contribution in [3.8, 4) is 80.1 Å². The van der Waals surface area contributed by atoms with Crippen molar-refractivity contribution in [2.45, 2.75) is 206 Å². The fourth-order valence-electron chi connectivity index (χ4n) is 16.7. The molecule has 9 aliphatic heterocycles. The Kier molecular flexibility index (Phi) is 30.3. The Labute approximate surface area is 773 Å². The van der Waals surface area contributed by atoms with Crippen LogP contribution in [-0.4, -0.2) is 268 Å². The smallest absolute Gasteiger partial charge is 0.249 e. The van der Waals surface area contributed by atoms with Gasteiger partial charge in [-0.05, 0) is 130 Å². The highest BCUT2D eigenvalue weighted by atomic mass is 35.5. The molecule has 24 N–H and O–H groups in total. The van der Waals surface area contributed by atoms with E-state index in [0.29, 0.717) is 18.8 Å². The first-order chi connectivity index (χ1) is 63.8. The molecule has 0 radical (unpaired) electrons. The quantitative estimate of drug-likeness (QED) is 0.0503. The van der Waals surface area contributed by atoms with E-state index in [0.717, 1.165) is 116 Å². The van der Waals surface area contributed by atoms with Crippen molar-refractivity contribution in [2.24, 2.45) is 11.7 Å². The number of aliphatic hydroxyl groups is 10. The lowest BCUT2D eigenvalue weighted by molar-refractivity contribution is -0.284. The van der Waals surface area contributed by atoms with Gasteiger partial charge in [-0.3, -0.25) is 43.2 Å². The number of benzene rings is 7. The molecule has 0 unspecified atom stereocenters. The van der Waals surface area contributed by atoms with Gasteiger partial charge in [-0.1, -0.05) is 87.0 Å². The van der Waals surface area contributed by atoms with E-state index in [2.05, 4.69) is 56.4 Å². The molecule has 42 nitrogen and oxygen atoms in total. The number of halogens is 2. The van der Waals surface area contributed by atoms with E-state index in [4.69, 9.17) is 71.6 Å². The molecule has 9 aliphatic rings. The Bertz CT molecular complexity index is 5620. The summed E-state index contributed by atoms with van der Waals surface area (Å²) in [7, 11) is 2.46. The predicted octanol–water partition coefficient (Wildman–Crippen LogP) is 1.02. The first-order valence-electron chi connectivity index (χ1n) is 42.8. The Hall–Kier alpha value is -12.0. The number of fused-ring (bicyclic) bond motifs is 14. The maximum atomic E-state index is 17.1. The summed E-state index contributed by atoms with van der Waals surface area (Å²) < 4.78 is 58.0. The molecular formula is C90H102Cl2N10O32. The van der Waals surface area contributed by atoms with Crippen molar-refractivity contribution in [2.75, 3.05) is 33.9 Å². The third kappa shape index (κ3) is 21.2. The largest absolute Gasteiger partial charge is 0.508 e. The summed E-state index contributed by atoms with van der Waals surface area (Å²) in [6.45, 7) is 2.06. The van der Waals surface area contributed by atoms with Crippen LogP contribution in [-0.2, 0) is 68.5 Å². The van der Waals surface area contributed by atoms with Crippen LogP contribution in [0.4, 0.5) is 0 Å². The van der Waals surface area contributed by atoms with Gasteiger partial charge in [-0.15, -0.1) is 0 Å². The number of carbonyl (C=O) groups is 9. The summed E-state index contributed by atoms with van der Waals surface area (Å²) in [6, 6.07) is 1.94. The maximum Gasteiger partial charge on any atom is 0.249 e. The Morgan fingerprint density at radius 1 is 0.507 bits per heavy atom. The maximum absolute atomic E-state index is 17.1. The van der Waals surface area contributed by atoms with Gasteiger partial charge in [0.1, 0.15) is 162 Å². The van der Waals surface area contributed by atoms with Gasteiger partial charge in [0.05, 0.1) is 29.9 Å². The lowest BCUT2D eigenvalue weighted by Gasteiger charge is -2.44. The second-order valence-corrected chi connectivity index (χ2v) is 34.9. The lowest BCUT2D eigenvalue weighted by Crippen LogP contribution is -2.65. The number of likely N-dealkylation sites (N-methyl/N-ethyl adjacent to an activating group) is 1. The summed E-state index contributed by atoms with van der Waals surface area (Å²) >= 11 is 14.8. The summed E-state index contributed by atoms with van der Waals surface area (Å²) in [4.78, 5) is 141. The van der Waals surface area contributed by atoms with Crippen LogP contribution in [0.1, 0.15) is 135 Å². The van der Waals surface area contributed by atoms with Crippen LogP contribution in [0.2, 0.25) is 10.0 Å². The van der Waals surface area contributed by atoms with E-state index in [1.165, 1.54) is 44.4 Å². The molecule has 0 aromatic heterocycles. The zero-order chi connectivity index (χ0) is 96.4. The highest BCUT2D eigenvalue weighted by molar-refractivity contribution is 6.32. The van der Waals surface area contributed by atoms with Gasteiger partial charge >= 0.3 is 0 Å². The van der Waals surface area contributed by atoms with Crippen LogP contribution in [0.3, 0.4) is 0 Å². The van der Waals surface area contributed by atoms with Crippen LogP contribution in [0.25, 0.3) is 11.1 Å². The topological polar surface area (TPSA) is 645 Å². The molecule has 3 saturated heterocycles. The average molecular weight is 1910 g/mol. The first kappa shape index (κ1) is 98.0. The van der Waals surface area contributed by atoms with Gasteiger partial charge in [-0.25, -0.2) is 0 Å². The second kappa shape index (κ2) is 41.4. The van der Waals surface area contributed by atoms with Crippen molar-refractivity contribution in [3.63, 3.8) is 0 Å². The number of carbonyl (C=O) groups excluding carboxylic acids is 9. The summed E-state index contributed by atoms with van der Waals surface area (Å²) in [6.07, 6.45) is -25.5. The van der Waals surface area contributed by atoms with Crippen molar-refractivity contribution in [1.29, 1.82) is 0 Å². The number of aromatic hydroxyl groups is 4. The zero-order valence-corrected chi connectivity index (χ0v) is 73.8. The van der Waals surface area contributed by atoms with Gasteiger partial charge in [0.15, 0.2) is 29.3 Å². The van der Waals surface area contributed by atoms with E-state index in [-0.39, 0.29) is 50.9 Å². The normalized spacial score (nSPS) is 28.6. The van der Waals surface area contributed by atoms with Crippen molar-refractivity contribution in [1.82, 2.24) is 47.4 Å². The zero-order valence-electron chi connectivity index (χ0n) is 72.3. The Morgan fingerprint density at radius 2 is 1.06 bits per heavy atom. The average Bonchev–Trinajstić information content (AvgIpc) is 0.755. The number of hydrogen-bond acceptors (Lipinski definition) is 33. The van der Waals surface area contributed by atoms with Crippen LogP contribution in [0, 0.1) is 5.92 Å². The van der Waals surface area contributed by atoms with Gasteiger partial charge < -0.3 is 167 Å². The number of phenolic OH excluding ortho intramolecular Hbond substituents is 4. The van der Waals surface area contributed by atoms with Crippen molar-refractivity contribution in [3.05, 3.63) is 164 Å². The van der Waals surface area contributed by atoms with Gasteiger partial charge in [0, 0.05) is 57.1 Å². The number of nitrogens with one attached hydrogen (secondary N) is 8. The minimum atomic E-state index is -2.51. The standard InChI is InChI=1S/C90H102Cl2N10O32/c1-35(2)10-8-6-7-9-11-62(111)96-70-76(116)73(113)60(33-104)131-89(70)134-80-57-27-42-28-58(80)128-54-19-15-40(25-49(54)92)79(133-88-69(94-36(3)106)75(115)72(112)59(32-103)130-88)71-86(124)100-68(87(125)102(4)5)47-30-44(108)31-56(129-90-78(118)77(117)74(114)61(34-105)132-90)63(47)46-24-39(14-16-51(46)109)65(83(121)101-71)98-85(123)67(42)99-84(122)66-41-22-43(107)29-45(23-41)126-55-26-38(13-17-52(55)110)64(93)82(120)95-50(81(119)97-66)21-37-12-18-53(127-57)48(91)20-37/h12-20,22-31,35,50,59-61,64-79,88-90,103-105,107-110,112-118H,6-11,21,32-34,93H2,1-5H3,(H,94,106)(H,95,120)(H,96,111)(H,97,119)(H,98,123)(H,99,122)(H,100,124)(H,101,121)/t50-,59+,60+,61-,64-,65-,66+,67-,68+,69+,70+,71+,72-,73-,74-,75-,76-,77-,78+,79-,88+,89+,90+/m1/s1. The molecule has 7 aromatic carbocycles. The molecule has 9 heterocycles. The number of rotatable bonds is 19. The van der Waals surface area contributed by atoms with Crippen LogP contribution < -0.4 is 72.0 Å². The molecule has 44 heteroatoms. The molecule has 134 heavy (non-hydrogen) atoms. The highest BCUT2D eigenvalue weighted by Gasteiger charge is 2.52. The number of amides is 9. The molecule has 17 bridgehead atoms. The molecule has 0 saturated carbocycles. The second-order valence-electron chi connectivity index (χ2n) is 34.1. The minimum absolute atomic E-state index is 0.0337. The fraction of sp³-hybridized carbons (Fsp3) is 0.433. The monoisotopic (exact) mass is 1900 g/mol. The third-order valence-electron chi connectivity index (χ3n) is 23.8. The summed E-state index contributed by atoms with van der Waals surface area (Å²) in [5.41, 5.74) is 3.42. The number of ether oxygens (including phenoxy) is 9. The van der Waals surface area contributed by atoms with Gasteiger partial charge in [0.25, 0.3) is 0 Å². The van der Waals surface area contributed by atoms with Gasteiger partial charge in [-0.2, -0.15) is 0 Å². The number of hydrogen-bond donors (Lipinski definition) is 23. The first-order valence-corrected chi connectivity index (χ1v) is 43.6.